The molecule has 5 heteroatoms. The Labute approximate surface area is 122 Å². The molecule has 0 atom stereocenters. The fourth-order valence-corrected chi connectivity index (χ4v) is 3.25. The second-order valence-corrected chi connectivity index (χ2v) is 6.06. The average molecular weight is 296 g/mol. The molecule has 2 aromatic rings. The fourth-order valence-electron chi connectivity index (χ4n) is 1.70. The molecule has 0 bridgehead atoms. The highest BCUT2D eigenvalue weighted by Gasteiger charge is 2.08. The van der Waals surface area contributed by atoms with Crippen molar-refractivity contribution in [3.63, 3.8) is 0 Å². The molecule has 0 aliphatic carbocycles. The van der Waals surface area contributed by atoms with E-state index in [9.17, 15) is 0 Å². The number of anilines is 1. The van der Waals surface area contributed by atoms with E-state index < -0.39 is 0 Å². The lowest BCUT2D eigenvalue weighted by Gasteiger charge is -2.06. The zero-order chi connectivity index (χ0) is 13.3. The molecular formula is C14H20N2OS2. The van der Waals surface area contributed by atoms with Crippen LogP contribution in [0.3, 0.4) is 0 Å². The summed E-state index contributed by atoms with van der Waals surface area (Å²) in [5.74, 6) is 0. The van der Waals surface area contributed by atoms with Crippen molar-refractivity contribution in [3.05, 3.63) is 23.0 Å². The lowest BCUT2D eigenvalue weighted by atomic mass is 10.3. The number of hydrogen-bond donors (Lipinski definition) is 1. The third kappa shape index (κ3) is 4.60. The smallest absolute Gasteiger partial charge is 0.126 e. The Bertz CT molecular complexity index is 454. The van der Waals surface area contributed by atoms with Crippen molar-refractivity contribution in [1.82, 2.24) is 4.98 Å². The Kier molecular flexibility index (Phi) is 6.33. The third-order valence-corrected chi connectivity index (χ3v) is 4.40. The van der Waals surface area contributed by atoms with Gasteiger partial charge in [0.1, 0.15) is 5.01 Å². The number of thiazole rings is 1. The predicted molar refractivity (Wildman–Crippen MR) is 84.3 cm³/mol. The van der Waals surface area contributed by atoms with Gasteiger partial charge in [0.25, 0.3) is 0 Å². The Morgan fingerprint density at radius 2 is 2.11 bits per heavy atom. The normalized spacial score (nSPS) is 10.8. The molecule has 0 amide bonds. The Balaban J connectivity index is 1.71. The molecule has 1 N–H and O–H groups in total. The maximum Gasteiger partial charge on any atom is 0.126 e. The minimum Gasteiger partial charge on any atom is -0.381 e. The van der Waals surface area contributed by atoms with Gasteiger partial charge >= 0.3 is 0 Å². The van der Waals surface area contributed by atoms with Crippen LogP contribution in [0.5, 0.6) is 0 Å². The van der Waals surface area contributed by atoms with Crippen LogP contribution >= 0.6 is 22.7 Å². The van der Waals surface area contributed by atoms with Crippen molar-refractivity contribution in [1.29, 1.82) is 0 Å². The number of aromatic nitrogens is 1. The van der Waals surface area contributed by atoms with Crippen LogP contribution in [0.2, 0.25) is 0 Å². The van der Waals surface area contributed by atoms with Gasteiger partial charge in [-0.2, -0.15) is 0 Å². The molecule has 0 fully saturated rings. The highest BCUT2D eigenvalue weighted by Crippen LogP contribution is 2.34. The molecule has 19 heavy (non-hydrogen) atoms. The van der Waals surface area contributed by atoms with E-state index in [0.717, 1.165) is 37.6 Å². The van der Waals surface area contributed by atoms with Crippen molar-refractivity contribution in [2.45, 2.75) is 26.2 Å². The van der Waals surface area contributed by atoms with Crippen LogP contribution in [0.15, 0.2) is 23.0 Å². The molecule has 0 aromatic carbocycles. The number of nitrogens with one attached hydrogen (secondary N) is 1. The van der Waals surface area contributed by atoms with Gasteiger partial charge in [-0.3, -0.25) is 0 Å². The molecule has 2 rings (SSSR count). The highest BCUT2D eigenvalue weighted by molar-refractivity contribution is 7.16. The highest BCUT2D eigenvalue weighted by atomic mass is 32.1. The van der Waals surface area contributed by atoms with Crippen LogP contribution in [0.4, 0.5) is 5.00 Å². The summed E-state index contributed by atoms with van der Waals surface area (Å²) in [5, 5.41) is 9.90. The summed E-state index contributed by atoms with van der Waals surface area (Å²) < 4.78 is 5.55. The van der Waals surface area contributed by atoms with Crippen molar-refractivity contribution < 1.29 is 4.74 Å². The summed E-state index contributed by atoms with van der Waals surface area (Å²) in [6.45, 7) is 4.86. The van der Waals surface area contributed by atoms with Crippen LogP contribution in [0, 0.1) is 0 Å². The zero-order valence-electron chi connectivity index (χ0n) is 11.2. The van der Waals surface area contributed by atoms with E-state index in [1.807, 2.05) is 11.6 Å². The number of nitrogens with zero attached hydrogens (tertiary/aromatic N) is 1. The van der Waals surface area contributed by atoms with Gasteiger partial charge in [0.15, 0.2) is 0 Å². The first-order chi connectivity index (χ1) is 9.42. The third-order valence-electron chi connectivity index (χ3n) is 2.72. The number of hydrogen-bond acceptors (Lipinski definition) is 5. The fraction of sp³-hybridized carbons (Fsp3) is 0.500. The van der Waals surface area contributed by atoms with E-state index in [2.05, 4.69) is 28.7 Å². The Hall–Kier alpha value is -0.910. The Morgan fingerprint density at radius 3 is 2.89 bits per heavy atom. The van der Waals surface area contributed by atoms with Gasteiger partial charge in [0, 0.05) is 36.9 Å². The molecule has 2 aromatic heterocycles. The summed E-state index contributed by atoms with van der Waals surface area (Å²) in [6, 6.07) is 2.13. The second-order valence-electron chi connectivity index (χ2n) is 4.25. The average Bonchev–Trinajstić information content (AvgIpc) is 3.08. The van der Waals surface area contributed by atoms with Gasteiger partial charge in [-0.1, -0.05) is 13.3 Å². The van der Waals surface area contributed by atoms with Crippen molar-refractivity contribution in [3.8, 4) is 10.6 Å². The van der Waals surface area contributed by atoms with E-state index in [-0.39, 0.29) is 0 Å². The summed E-state index contributed by atoms with van der Waals surface area (Å²) in [6.07, 6.45) is 5.25. The number of rotatable bonds is 9. The van der Waals surface area contributed by atoms with E-state index in [0.29, 0.717) is 0 Å². The zero-order valence-corrected chi connectivity index (χ0v) is 12.9. The summed E-state index contributed by atoms with van der Waals surface area (Å²) in [5.41, 5.74) is 1.21. The molecule has 0 spiro atoms. The maximum atomic E-state index is 5.55. The number of unbranched alkanes of at least 4 members (excludes halogenated alkanes) is 1. The molecule has 0 radical (unpaired) electrons. The number of thiophene rings is 1. The molecule has 0 aliphatic heterocycles. The topological polar surface area (TPSA) is 34.1 Å². The van der Waals surface area contributed by atoms with Crippen LogP contribution in [-0.4, -0.2) is 24.7 Å². The van der Waals surface area contributed by atoms with Gasteiger partial charge in [-0.05, 0) is 24.3 Å². The van der Waals surface area contributed by atoms with Crippen LogP contribution in [0.1, 0.15) is 26.2 Å². The van der Waals surface area contributed by atoms with Gasteiger partial charge < -0.3 is 10.1 Å². The molecule has 2 heterocycles. The van der Waals surface area contributed by atoms with Crippen LogP contribution in [0.25, 0.3) is 10.6 Å². The van der Waals surface area contributed by atoms with E-state index in [1.54, 1.807) is 22.7 Å². The number of ether oxygens (including phenoxy) is 1. The molecule has 0 unspecified atom stereocenters. The molecule has 3 nitrogen and oxygen atoms in total. The van der Waals surface area contributed by atoms with E-state index in [4.69, 9.17) is 4.74 Å². The van der Waals surface area contributed by atoms with Crippen molar-refractivity contribution >= 4 is 27.7 Å². The molecule has 0 saturated heterocycles. The summed E-state index contributed by atoms with van der Waals surface area (Å²) >= 11 is 3.41. The van der Waals surface area contributed by atoms with Gasteiger partial charge in [-0.15, -0.1) is 22.7 Å². The summed E-state index contributed by atoms with van der Waals surface area (Å²) in [7, 11) is 0. The lowest BCUT2D eigenvalue weighted by molar-refractivity contribution is 0.131. The monoisotopic (exact) mass is 296 g/mol. The summed E-state index contributed by atoms with van der Waals surface area (Å²) in [4.78, 5) is 4.36. The molecular weight excluding hydrogens is 276 g/mol. The second kappa shape index (κ2) is 8.30. The standard InChI is InChI=1S/C14H20N2OS2/c1-2-3-8-17-9-4-6-15-13-12(5-10-18-13)14-16-7-11-19-14/h5,7,10-11,15H,2-4,6,8-9H2,1H3. The van der Waals surface area contributed by atoms with Crippen molar-refractivity contribution in [2.24, 2.45) is 0 Å². The first-order valence-corrected chi connectivity index (χ1v) is 8.46. The molecule has 104 valence electrons. The Morgan fingerprint density at radius 1 is 1.21 bits per heavy atom. The van der Waals surface area contributed by atoms with Gasteiger partial charge in [0.2, 0.25) is 0 Å². The minimum absolute atomic E-state index is 0.838. The first-order valence-electron chi connectivity index (χ1n) is 6.70. The maximum absolute atomic E-state index is 5.55. The van der Waals surface area contributed by atoms with Gasteiger partial charge in [0.05, 0.1) is 5.00 Å². The van der Waals surface area contributed by atoms with Crippen molar-refractivity contribution in [2.75, 3.05) is 25.1 Å². The predicted octanol–water partition coefficient (Wildman–Crippen LogP) is 4.49. The van der Waals surface area contributed by atoms with Crippen LogP contribution in [-0.2, 0) is 4.74 Å². The van der Waals surface area contributed by atoms with E-state index >= 15 is 0 Å². The van der Waals surface area contributed by atoms with E-state index in [1.165, 1.54) is 17.0 Å². The minimum atomic E-state index is 0.838. The lowest BCUT2D eigenvalue weighted by Crippen LogP contribution is -2.05. The first kappa shape index (κ1) is 14.5. The molecule has 0 aliphatic rings. The largest absolute Gasteiger partial charge is 0.381 e. The van der Waals surface area contributed by atoms with Gasteiger partial charge in [-0.25, -0.2) is 4.98 Å². The quantitative estimate of drug-likeness (QED) is 0.692. The molecule has 0 saturated carbocycles. The van der Waals surface area contributed by atoms with Crippen LogP contribution < -0.4 is 5.32 Å². The SMILES string of the molecule is CCCCOCCCNc1sccc1-c1nccs1.